The highest BCUT2D eigenvalue weighted by atomic mass is 31.2. The van der Waals surface area contributed by atoms with E-state index in [4.69, 9.17) is 37.0 Å². The van der Waals surface area contributed by atoms with Gasteiger partial charge in [-0.15, -0.1) is 0 Å². The second kappa shape index (κ2) is 53.4. The number of carbonyl (C=O) groups excluding carboxylic acids is 4. The number of aliphatic hydroxyl groups is 1. The molecule has 0 fully saturated rings. The smallest absolute Gasteiger partial charge is 0.462 e. The highest BCUT2D eigenvalue weighted by Gasteiger charge is 2.30. The van der Waals surface area contributed by atoms with Crippen LogP contribution in [0.5, 0.6) is 0 Å². The molecule has 0 aliphatic heterocycles. The first-order chi connectivity index (χ1) is 37.2. The van der Waals surface area contributed by atoms with Crippen molar-refractivity contribution in [1.82, 2.24) is 0 Å². The summed E-state index contributed by atoms with van der Waals surface area (Å²) in [5, 5.41) is 10.5. The van der Waals surface area contributed by atoms with Crippen molar-refractivity contribution in [3.63, 3.8) is 0 Å². The average molecular weight is 1140 g/mol. The third-order valence-corrected chi connectivity index (χ3v) is 15.3. The van der Waals surface area contributed by atoms with E-state index in [1.54, 1.807) is 0 Å². The molecule has 456 valence electrons. The van der Waals surface area contributed by atoms with E-state index in [9.17, 15) is 43.2 Å². The van der Waals surface area contributed by atoms with E-state index in [0.717, 1.165) is 109 Å². The summed E-state index contributed by atoms with van der Waals surface area (Å²) in [6, 6.07) is 0. The molecular weight excluding hydrogens is 1030 g/mol. The Balaban J connectivity index is 5.18. The van der Waals surface area contributed by atoms with Gasteiger partial charge in [-0.1, -0.05) is 240 Å². The Bertz CT molecular complexity index is 1500. The van der Waals surface area contributed by atoms with Crippen LogP contribution in [0.4, 0.5) is 0 Å². The summed E-state index contributed by atoms with van der Waals surface area (Å²) < 4.78 is 67.6. The van der Waals surface area contributed by atoms with Gasteiger partial charge in [-0.05, 0) is 25.7 Å². The molecule has 3 N–H and O–H groups in total. The molecule has 0 amide bonds. The molecule has 0 aliphatic carbocycles. The number of hydrogen-bond donors (Lipinski definition) is 3. The first kappa shape index (κ1) is 75.1. The molecule has 5 atom stereocenters. The minimum absolute atomic E-state index is 0.104. The molecular formula is C58H112O17P2. The van der Waals surface area contributed by atoms with E-state index >= 15 is 0 Å². The largest absolute Gasteiger partial charge is 0.472 e. The quantitative estimate of drug-likeness (QED) is 0.0222. The Morgan fingerprint density at radius 3 is 0.766 bits per heavy atom. The van der Waals surface area contributed by atoms with E-state index in [1.165, 1.54) is 103 Å². The molecule has 0 radical (unpaired) electrons. The molecule has 0 aromatic carbocycles. The number of phosphoric ester groups is 2. The highest BCUT2D eigenvalue weighted by Crippen LogP contribution is 2.45. The Kier molecular flexibility index (Phi) is 52.0. The fourth-order valence-electron chi connectivity index (χ4n) is 8.57. The fourth-order valence-corrected chi connectivity index (χ4v) is 10.2. The van der Waals surface area contributed by atoms with Crippen molar-refractivity contribution in [3.8, 4) is 0 Å². The van der Waals surface area contributed by atoms with Gasteiger partial charge in [0.25, 0.3) is 0 Å². The van der Waals surface area contributed by atoms with Gasteiger partial charge in [-0.3, -0.25) is 37.3 Å². The van der Waals surface area contributed by atoms with E-state index in [1.807, 2.05) is 0 Å². The van der Waals surface area contributed by atoms with Crippen LogP contribution in [-0.4, -0.2) is 96.7 Å². The summed E-state index contributed by atoms with van der Waals surface area (Å²) in [6.07, 6.45) is 36.3. The minimum Gasteiger partial charge on any atom is -0.462 e. The number of rotatable bonds is 59. The molecule has 17 nitrogen and oxygen atoms in total. The summed E-state index contributed by atoms with van der Waals surface area (Å²) in [6.45, 7) is 4.77. The Morgan fingerprint density at radius 1 is 0.312 bits per heavy atom. The van der Waals surface area contributed by atoms with Gasteiger partial charge in [0.15, 0.2) is 12.2 Å². The number of aliphatic hydroxyl groups excluding tert-OH is 1. The molecule has 0 aromatic rings. The SMILES string of the molecule is CCCCCCCCCCCCCCC(=O)O[C@H](COC(=O)CCCCCCCCCC)COP(=O)(O)OC[C@@H](O)COP(=O)(O)OC[C@@H](COC(=O)CCCCCCCCCCCC)OC(=O)CCCCCCCCC. The number of unbranched alkanes of at least 4 members (excludes halogenated alkanes) is 33. The number of carbonyl (C=O) groups is 4. The van der Waals surface area contributed by atoms with Gasteiger partial charge in [0, 0.05) is 25.7 Å². The van der Waals surface area contributed by atoms with Crippen LogP contribution in [0, 0.1) is 0 Å². The van der Waals surface area contributed by atoms with Crippen LogP contribution in [0.1, 0.15) is 291 Å². The normalized spacial score (nSPS) is 14.3. The molecule has 0 saturated carbocycles. The predicted molar refractivity (Wildman–Crippen MR) is 303 cm³/mol. The number of esters is 4. The van der Waals surface area contributed by atoms with Gasteiger partial charge >= 0.3 is 39.5 Å². The van der Waals surface area contributed by atoms with Gasteiger partial charge in [-0.2, -0.15) is 0 Å². The number of ether oxygens (including phenoxy) is 4. The maximum absolute atomic E-state index is 12.9. The molecule has 0 saturated heterocycles. The van der Waals surface area contributed by atoms with E-state index in [0.29, 0.717) is 25.7 Å². The summed E-state index contributed by atoms with van der Waals surface area (Å²) in [5.41, 5.74) is 0. The van der Waals surface area contributed by atoms with Crippen molar-refractivity contribution in [3.05, 3.63) is 0 Å². The minimum atomic E-state index is -4.93. The number of hydrogen-bond acceptors (Lipinski definition) is 15. The van der Waals surface area contributed by atoms with Gasteiger partial charge in [0.2, 0.25) is 0 Å². The summed E-state index contributed by atoms with van der Waals surface area (Å²) in [5.74, 6) is -2.15. The lowest BCUT2D eigenvalue weighted by molar-refractivity contribution is -0.161. The van der Waals surface area contributed by atoms with Crippen LogP contribution in [0.25, 0.3) is 0 Å². The molecule has 0 aromatic heterocycles. The maximum Gasteiger partial charge on any atom is 0.472 e. The lowest BCUT2D eigenvalue weighted by Crippen LogP contribution is -2.30. The summed E-state index contributed by atoms with van der Waals surface area (Å²) in [4.78, 5) is 71.7. The van der Waals surface area contributed by atoms with Crippen molar-refractivity contribution in [2.24, 2.45) is 0 Å². The van der Waals surface area contributed by atoms with Crippen molar-refractivity contribution in [2.45, 2.75) is 309 Å². The van der Waals surface area contributed by atoms with Gasteiger partial charge in [0.05, 0.1) is 26.4 Å². The monoisotopic (exact) mass is 1140 g/mol. The number of phosphoric acid groups is 2. The molecule has 77 heavy (non-hydrogen) atoms. The molecule has 0 bridgehead atoms. The van der Waals surface area contributed by atoms with Gasteiger partial charge < -0.3 is 33.8 Å². The topological polar surface area (TPSA) is 237 Å². The Labute approximate surface area is 467 Å². The maximum atomic E-state index is 12.9. The molecule has 2 unspecified atom stereocenters. The third kappa shape index (κ3) is 53.2. The van der Waals surface area contributed by atoms with Crippen molar-refractivity contribution in [1.29, 1.82) is 0 Å². The van der Waals surface area contributed by atoms with Crippen molar-refractivity contribution in [2.75, 3.05) is 39.6 Å². The second-order valence-corrected chi connectivity index (χ2v) is 23.9. The predicted octanol–water partition coefficient (Wildman–Crippen LogP) is 15.6. The van der Waals surface area contributed by atoms with E-state index in [-0.39, 0.29) is 25.7 Å². The molecule has 0 aliphatic rings. The molecule has 0 rings (SSSR count). The zero-order chi connectivity index (χ0) is 56.9. The van der Waals surface area contributed by atoms with E-state index in [2.05, 4.69) is 27.7 Å². The second-order valence-electron chi connectivity index (χ2n) is 21.0. The zero-order valence-corrected chi connectivity index (χ0v) is 50.7. The first-order valence-electron chi connectivity index (χ1n) is 30.8. The van der Waals surface area contributed by atoms with Crippen molar-refractivity contribution < 1.29 is 80.2 Å². The zero-order valence-electron chi connectivity index (χ0n) is 48.9. The van der Waals surface area contributed by atoms with Gasteiger partial charge in [0.1, 0.15) is 19.3 Å². The average Bonchev–Trinajstić information content (AvgIpc) is 3.40. The summed E-state index contributed by atoms with van der Waals surface area (Å²) >= 11 is 0. The molecule has 0 heterocycles. The van der Waals surface area contributed by atoms with E-state index < -0.39 is 97.5 Å². The van der Waals surface area contributed by atoms with Crippen LogP contribution < -0.4 is 0 Å². The molecule has 19 heteroatoms. The van der Waals surface area contributed by atoms with Crippen LogP contribution >= 0.6 is 15.6 Å². The van der Waals surface area contributed by atoms with Gasteiger partial charge in [-0.25, -0.2) is 9.13 Å². The Hall–Kier alpha value is -1.94. The lowest BCUT2D eigenvalue weighted by atomic mass is 10.0. The first-order valence-corrected chi connectivity index (χ1v) is 33.8. The fraction of sp³-hybridized carbons (Fsp3) is 0.931. The van der Waals surface area contributed by atoms with Crippen molar-refractivity contribution >= 4 is 39.5 Å². The Morgan fingerprint density at radius 2 is 0.519 bits per heavy atom. The third-order valence-electron chi connectivity index (χ3n) is 13.4. The summed E-state index contributed by atoms with van der Waals surface area (Å²) in [7, 11) is -9.86. The van der Waals surface area contributed by atoms with Crippen LogP contribution in [-0.2, 0) is 65.4 Å². The highest BCUT2D eigenvalue weighted by molar-refractivity contribution is 7.47. The van der Waals surface area contributed by atoms with Crippen LogP contribution in [0.3, 0.4) is 0 Å². The lowest BCUT2D eigenvalue weighted by Gasteiger charge is -2.21. The van der Waals surface area contributed by atoms with Crippen LogP contribution in [0.15, 0.2) is 0 Å². The molecule has 0 spiro atoms. The standard InChI is InChI=1S/C58H112O17P2/c1-5-9-13-17-21-24-26-27-29-33-37-41-45-58(63)75-54(49-68-55(60)42-38-34-31-23-19-15-11-7-3)51-73-77(66,67)71-47-52(59)46-70-76(64,65)72-50-53(74-57(62)44-40-36-30-20-16-12-8-4)48-69-56(61)43-39-35-32-28-25-22-18-14-10-6-2/h52-54,59H,5-51H2,1-4H3,(H,64,65)(H,66,67)/t52-,53+,54+/m0/s1. The van der Waals surface area contributed by atoms with Crippen LogP contribution in [0.2, 0.25) is 0 Å².